The minimum absolute atomic E-state index is 0.104. The Labute approximate surface area is 156 Å². The van der Waals surface area contributed by atoms with Crippen LogP contribution in [0.3, 0.4) is 0 Å². The Morgan fingerprint density at radius 3 is 2.67 bits per heavy atom. The fraction of sp³-hybridized carbons (Fsp3) is 0.273. The summed E-state index contributed by atoms with van der Waals surface area (Å²) in [5.74, 6) is -0.0482. The Morgan fingerprint density at radius 1 is 1.07 bits per heavy atom. The van der Waals surface area contributed by atoms with Crippen molar-refractivity contribution in [2.75, 3.05) is 6.54 Å². The molecule has 1 N–H and O–H groups in total. The minimum atomic E-state index is -0.544. The van der Waals surface area contributed by atoms with Crippen LogP contribution in [-0.4, -0.2) is 22.5 Å². The molecule has 27 heavy (non-hydrogen) atoms. The summed E-state index contributed by atoms with van der Waals surface area (Å²) in [7, 11) is 0. The van der Waals surface area contributed by atoms with Crippen molar-refractivity contribution < 1.29 is 14.3 Å². The van der Waals surface area contributed by atoms with Gasteiger partial charge in [-0.2, -0.15) is 0 Å². The Morgan fingerprint density at radius 2 is 1.89 bits per heavy atom. The molecule has 0 aliphatic carbocycles. The van der Waals surface area contributed by atoms with Gasteiger partial charge in [0.15, 0.2) is 5.43 Å². The second-order valence-corrected chi connectivity index (χ2v) is 6.87. The SMILES string of the molecule is CCCCCN1C(=O)c2oc3ccccc3c(=O)c2C1c1cccc(O)c1. The number of carbonyl (C=O) groups is 1. The van der Waals surface area contributed by atoms with Gasteiger partial charge in [-0.25, -0.2) is 0 Å². The average molecular weight is 363 g/mol. The molecule has 1 aromatic heterocycles. The largest absolute Gasteiger partial charge is 0.508 e. The summed E-state index contributed by atoms with van der Waals surface area (Å²) in [5, 5.41) is 10.4. The lowest BCUT2D eigenvalue weighted by Crippen LogP contribution is -2.30. The Bertz CT molecular complexity index is 1070. The van der Waals surface area contributed by atoms with E-state index in [9.17, 15) is 14.7 Å². The van der Waals surface area contributed by atoms with Gasteiger partial charge in [0.05, 0.1) is 17.0 Å². The zero-order valence-corrected chi connectivity index (χ0v) is 15.1. The second-order valence-electron chi connectivity index (χ2n) is 6.87. The van der Waals surface area contributed by atoms with Gasteiger partial charge in [-0.3, -0.25) is 9.59 Å². The number of hydrogen-bond donors (Lipinski definition) is 1. The van der Waals surface area contributed by atoms with E-state index in [-0.39, 0.29) is 22.8 Å². The van der Waals surface area contributed by atoms with E-state index in [4.69, 9.17) is 4.42 Å². The van der Waals surface area contributed by atoms with Gasteiger partial charge in [-0.1, -0.05) is 44.0 Å². The number of aromatic hydroxyl groups is 1. The zero-order valence-electron chi connectivity index (χ0n) is 15.1. The molecule has 1 atom stereocenters. The number of para-hydroxylation sites is 1. The molecule has 2 aromatic carbocycles. The number of benzene rings is 2. The van der Waals surface area contributed by atoms with Crippen LogP contribution in [0.4, 0.5) is 0 Å². The number of hydrogen-bond acceptors (Lipinski definition) is 4. The highest BCUT2D eigenvalue weighted by Gasteiger charge is 2.42. The van der Waals surface area contributed by atoms with Crippen LogP contribution >= 0.6 is 0 Å². The van der Waals surface area contributed by atoms with Crippen molar-refractivity contribution in [2.45, 2.75) is 32.2 Å². The molecule has 138 valence electrons. The zero-order chi connectivity index (χ0) is 19.0. The van der Waals surface area contributed by atoms with E-state index in [0.29, 0.717) is 28.6 Å². The summed E-state index contributed by atoms with van der Waals surface area (Å²) in [6.07, 6.45) is 2.88. The number of phenolic OH excluding ortho intramolecular Hbond substituents is 1. The van der Waals surface area contributed by atoms with Gasteiger partial charge in [0, 0.05) is 6.54 Å². The van der Waals surface area contributed by atoms with Crippen molar-refractivity contribution in [3.05, 3.63) is 75.6 Å². The molecule has 1 aliphatic rings. The second kappa shape index (κ2) is 6.91. The fourth-order valence-electron chi connectivity index (χ4n) is 3.77. The molecule has 0 radical (unpaired) electrons. The van der Waals surface area contributed by atoms with Crippen LogP contribution in [-0.2, 0) is 0 Å². The van der Waals surface area contributed by atoms with Crippen LogP contribution in [0.25, 0.3) is 11.0 Å². The van der Waals surface area contributed by atoms with E-state index in [0.717, 1.165) is 19.3 Å². The third-order valence-electron chi connectivity index (χ3n) is 5.06. The normalized spacial score (nSPS) is 16.1. The predicted octanol–water partition coefficient (Wildman–Crippen LogP) is 4.23. The van der Waals surface area contributed by atoms with Gasteiger partial charge in [0.1, 0.15) is 11.3 Å². The first-order valence-corrected chi connectivity index (χ1v) is 9.27. The van der Waals surface area contributed by atoms with E-state index in [2.05, 4.69) is 6.92 Å². The smallest absolute Gasteiger partial charge is 0.290 e. The number of phenols is 1. The van der Waals surface area contributed by atoms with E-state index in [1.807, 2.05) is 6.07 Å². The molecule has 1 aliphatic heterocycles. The number of rotatable bonds is 5. The topological polar surface area (TPSA) is 70.8 Å². The maximum Gasteiger partial charge on any atom is 0.290 e. The van der Waals surface area contributed by atoms with Crippen LogP contribution in [0.2, 0.25) is 0 Å². The molecule has 2 heterocycles. The molecular formula is C22H21NO4. The quantitative estimate of drug-likeness (QED) is 0.689. The molecule has 0 fully saturated rings. The van der Waals surface area contributed by atoms with Gasteiger partial charge >= 0.3 is 0 Å². The van der Waals surface area contributed by atoms with Crippen molar-refractivity contribution in [1.29, 1.82) is 0 Å². The van der Waals surface area contributed by atoms with Crippen LogP contribution < -0.4 is 5.43 Å². The molecule has 0 saturated heterocycles. The van der Waals surface area contributed by atoms with Gasteiger partial charge in [-0.15, -0.1) is 0 Å². The summed E-state index contributed by atoms with van der Waals surface area (Å²) in [5.41, 5.74) is 1.30. The molecule has 1 amide bonds. The van der Waals surface area contributed by atoms with Crippen molar-refractivity contribution in [1.82, 2.24) is 4.90 Å². The van der Waals surface area contributed by atoms with Crippen LogP contribution in [0.5, 0.6) is 5.75 Å². The average Bonchev–Trinajstić information content (AvgIpc) is 2.95. The lowest BCUT2D eigenvalue weighted by Gasteiger charge is -2.25. The first kappa shape index (κ1) is 17.3. The number of fused-ring (bicyclic) bond motifs is 2. The van der Waals surface area contributed by atoms with Gasteiger partial charge < -0.3 is 14.4 Å². The highest BCUT2D eigenvalue weighted by atomic mass is 16.3. The maximum absolute atomic E-state index is 13.2. The molecule has 5 nitrogen and oxygen atoms in total. The lowest BCUT2D eigenvalue weighted by molar-refractivity contribution is 0.0724. The van der Waals surface area contributed by atoms with Crippen molar-refractivity contribution in [2.24, 2.45) is 0 Å². The van der Waals surface area contributed by atoms with E-state index in [1.165, 1.54) is 0 Å². The molecular weight excluding hydrogens is 342 g/mol. The third kappa shape index (κ3) is 2.89. The fourth-order valence-corrected chi connectivity index (χ4v) is 3.77. The van der Waals surface area contributed by atoms with Crippen molar-refractivity contribution in [3.63, 3.8) is 0 Å². The van der Waals surface area contributed by atoms with E-state index >= 15 is 0 Å². The van der Waals surface area contributed by atoms with Gasteiger partial charge in [-0.05, 0) is 36.2 Å². The summed E-state index contributed by atoms with van der Waals surface area (Å²) in [6.45, 7) is 2.64. The van der Waals surface area contributed by atoms with Gasteiger partial charge in [0.2, 0.25) is 5.76 Å². The molecule has 0 saturated carbocycles. The van der Waals surface area contributed by atoms with Crippen molar-refractivity contribution in [3.8, 4) is 5.75 Å². The number of carbonyl (C=O) groups excluding carboxylic acids is 1. The highest BCUT2D eigenvalue weighted by molar-refractivity contribution is 5.99. The summed E-state index contributed by atoms with van der Waals surface area (Å²) < 4.78 is 5.86. The number of amides is 1. The third-order valence-corrected chi connectivity index (χ3v) is 5.06. The molecule has 0 spiro atoms. The summed E-state index contributed by atoms with van der Waals surface area (Å²) >= 11 is 0. The lowest BCUT2D eigenvalue weighted by atomic mass is 9.98. The van der Waals surface area contributed by atoms with Gasteiger partial charge in [0.25, 0.3) is 5.91 Å². The minimum Gasteiger partial charge on any atom is -0.508 e. The molecule has 1 unspecified atom stereocenters. The Hall–Kier alpha value is -3.08. The standard InChI is InChI=1S/C22H21NO4/c1-2-3-6-12-23-19(14-8-7-9-15(24)13-14)18-20(25)16-10-4-5-11-17(16)27-21(18)22(23)26/h4-5,7-11,13,19,24H,2-3,6,12H2,1H3. The summed E-state index contributed by atoms with van der Waals surface area (Å²) in [4.78, 5) is 28.0. The first-order chi connectivity index (χ1) is 13.1. The predicted molar refractivity (Wildman–Crippen MR) is 103 cm³/mol. The highest BCUT2D eigenvalue weighted by Crippen LogP contribution is 2.39. The van der Waals surface area contributed by atoms with Crippen LogP contribution in [0.15, 0.2) is 57.7 Å². The summed E-state index contributed by atoms with van der Waals surface area (Å²) in [6, 6.07) is 13.2. The number of unbranched alkanes of at least 4 members (excludes halogenated alkanes) is 2. The monoisotopic (exact) mass is 363 g/mol. The maximum atomic E-state index is 13.2. The number of nitrogens with zero attached hydrogens (tertiary/aromatic N) is 1. The molecule has 3 aromatic rings. The Balaban J connectivity index is 1.92. The molecule has 0 bridgehead atoms. The van der Waals surface area contributed by atoms with E-state index in [1.54, 1.807) is 47.4 Å². The van der Waals surface area contributed by atoms with Crippen LogP contribution in [0.1, 0.15) is 53.9 Å². The Kier molecular flexibility index (Phi) is 4.44. The van der Waals surface area contributed by atoms with Crippen molar-refractivity contribution >= 4 is 16.9 Å². The van der Waals surface area contributed by atoms with E-state index < -0.39 is 6.04 Å². The first-order valence-electron chi connectivity index (χ1n) is 9.27. The molecule has 5 heteroatoms. The molecule has 4 rings (SSSR count). The van der Waals surface area contributed by atoms with Crippen LogP contribution in [0, 0.1) is 0 Å².